The Morgan fingerprint density at radius 2 is 2.22 bits per heavy atom. The molecule has 0 aliphatic carbocycles. The quantitative estimate of drug-likeness (QED) is 0.731. The van der Waals surface area contributed by atoms with Gasteiger partial charge >= 0.3 is 0 Å². The van der Waals surface area contributed by atoms with Gasteiger partial charge in [-0.1, -0.05) is 23.2 Å². The van der Waals surface area contributed by atoms with Crippen LogP contribution >= 0.6 is 35.6 Å². The van der Waals surface area contributed by atoms with Gasteiger partial charge in [0.05, 0.1) is 11.6 Å². The fourth-order valence-corrected chi connectivity index (χ4v) is 3.22. The van der Waals surface area contributed by atoms with Gasteiger partial charge in [-0.3, -0.25) is 4.79 Å². The lowest BCUT2D eigenvalue weighted by molar-refractivity contribution is -0.132. The average molecular weight is 382 g/mol. The van der Waals surface area contributed by atoms with Crippen LogP contribution in [0.15, 0.2) is 18.2 Å². The molecule has 1 unspecified atom stereocenters. The standard InChI is InChI=1S/C16H22Cl2N2O2.ClH/c1-19-11-13-4-2-8-20(13)16(21)5-3-9-22-15-7-6-12(17)10-14(15)18;/h6-7,10,13,19H,2-5,8-9,11H2,1H3;1H. The Bertz CT molecular complexity index is 514. The highest BCUT2D eigenvalue weighted by atomic mass is 35.5. The zero-order valence-corrected chi connectivity index (χ0v) is 15.5. The van der Waals surface area contributed by atoms with Crippen molar-refractivity contribution in [3.8, 4) is 5.75 Å². The molecule has 7 heteroatoms. The maximum Gasteiger partial charge on any atom is 0.222 e. The first kappa shape index (κ1) is 20.4. The topological polar surface area (TPSA) is 41.6 Å². The first-order valence-electron chi connectivity index (χ1n) is 7.63. The molecule has 1 aliphatic rings. The van der Waals surface area contributed by atoms with Gasteiger partial charge in [0.2, 0.25) is 5.91 Å². The molecule has 0 spiro atoms. The highest BCUT2D eigenvalue weighted by Gasteiger charge is 2.27. The number of benzene rings is 1. The summed E-state index contributed by atoms with van der Waals surface area (Å²) in [7, 11) is 1.92. The second kappa shape index (κ2) is 10.2. The summed E-state index contributed by atoms with van der Waals surface area (Å²) in [5, 5.41) is 4.22. The minimum atomic E-state index is 0. The molecule has 0 aromatic heterocycles. The molecule has 130 valence electrons. The van der Waals surface area contributed by atoms with Gasteiger partial charge in [0.15, 0.2) is 0 Å². The summed E-state index contributed by atoms with van der Waals surface area (Å²) in [5.41, 5.74) is 0. The lowest BCUT2D eigenvalue weighted by Crippen LogP contribution is -2.40. The Balaban J connectivity index is 0.00000264. The van der Waals surface area contributed by atoms with Crippen molar-refractivity contribution in [2.75, 3.05) is 26.7 Å². The van der Waals surface area contributed by atoms with Crippen LogP contribution in [-0.2, 0) is 4.79 Å². The number of halogens is 3. The number of hydrogen-bond acceptors (Lipinski definition) is 3. The Hall–Kier alpha value is -0.680. The molecule has 1 heterocycles. The molecule has 1 aliphatic heterocycles. The van der Waals surface area contributed by atoms with Crippen molar-refractivity contribution in [2.45, 2.75) is 31.7 Å². The number of amides is 1. The Kier molecular flexibility index (Phi) is 9.07. The number of carbonyl (C=O) groups is 1. The lowest BCUT2D eigenvalue weighted by atomic mass is 10.2. The van der Waals surface area contributed by atoms with Crippen molar-refractivity contribution >= 4 is 41.5 Å². The number of nitrogens with one attached hydrogen (secondary N) is 1. The number of likely N-dealkylation sites (tertiary alicyclic amines) is 1. The Labute approximate surface area is 153 Å². The van der Waals surface area contributed by atoms with Crippen LogP contribution in [0.1, 0.15) is 25.7 Å². The molecule has 1 saturated heterocycles. The van der Waals surface area contributed by atoms with E-state index < -0.39 is 0 Å². The molecule has 1 aromatic rings. The maximum atomic E-state index is 12.3. The number of ether oxygens (including phenoxy) is 1. The average Bonchev–Trinajstić information content (AvgIpc) is 2.94. The van der Waals surface area contributed by atoms with E-state index in [4.69, 9.17) is 27.9 Å². The fraction of sp³-hybridized carbons (Fsp3) is 0.562. The molecule has 1 atom stereocenters. The molecular formula is C16H23Cl3N2O2. The van der Waals surface area contributed by atoms with Crippen LogP contribution in [0.4, 0.5) is 0 Å². The van der Waals surface area contributed by atoms with Crippen LogP contribution in [0.25, 0.3) is 0 Å². The number of hydrogen-bond donors (Lipinski definition) is 1. The van der Waals surface area contributed by atoms with Crippen molar-refractivity contribution < 1.29 is 9.53 Å². The largest absolute Gasteiger partial charge is 0.492 e. The first-order chi connectivity index (χ1) is 10.6. The van der Waals surface area contributed by atoms with Gasteiger partial charge in [-0.2, -0.15) is 0 Å². The zero-order valence-electron chi connectivity index (χ0n) is 13.2. The lowest BCUT2D eigenvalue weighted by Gasteiger charge is -2.24. The summed E-state index contributed by atoms with van der Waals surface area (Å²) < 4.78 is 5.61. The summed E-state index contributed by atoms with van der Waals surface area (Å²) in [6, 6.07) is 5.47. The summed E-state index contributed by atoms with van der Waals surface area (Å²) in [6.07, 6.45) is 3.37. The second-order valence-corrected chi connectivity index (χ2v) is 6.31. The number of carbonyl (C=O) groups excluding carboxylic acids is 1. The predicted octanol–water partition coefficient (Wildman–Crippen LogP) is 3.78. The van der Waals surface area contributed by atoms with E-state index in [-0.39, 0.29) is 18.3 Å². The predicted molar refractivity (Wildman–Crippen MR) is 97.1 cm³/mol. The van der Waals surface area contributed by atoms with Gasteiger partial charge in [-0.25, -0.2) is 0 Å². The van der Waals surface area contributed by atoms with Crippen LogP contribution in [0.3, 0.4) is 0 Å². The van der Waals surface area contributed by atoms with E-state index in [2.05, 4.69) is 5.32 Å². The van der Waals surface area contributed by atoms with Crippen molar-refractivity contribution in [1.82, 2.24) is 10.2 Å². The first-order valence-corrected chi connectivity index (χ1v) is 8.39. The van der Waals surface area contributed by atoms with Crippen LogP contribution in [0, 0.1) is 0 Å². The van der Waals surface area contributed by atoms with Gasteiger partial charge in [0.25, 0.3) is 0 Å². The van der Waals surface area contributed by atoms with E-state index in [9.17, 15) is 4.79 Å². The van der Waals surface area contributed by atoms with E-state index in [1.54, 1.807) is 18.2 Å². The van der Waals surface area contributed by atoms with E-state index >= 15 is 0 Å². The minimum absolute atomic E-state index is 0. The zero-order chi connectivity index (χ0) is 15.9. The van der Waals surface area contributed by atoms with Gasteiger partial charge in [-0.15, -0.1) is 12.4 Å². The Morgan fingerprint density at radius 3 is 2.91 bits per heavy atom. The molecule has 1 N–H and O–H groups in total. The van der Waals surface area contributed by atoms with Crippen LogP contribution < -0.4 is 10.1 Å². The van der Waals surface area contributed by atoms with Gasteiger partial charge in [0, 0.05) is 30.6 Å². The third-order valence-corrected chi connectivity index (χ3v) is 4.35. The highest BCUT2D eigenvalue weighted by Crippen LogP contribution is 2.27. The normalized spacial score (nSPS) is 17.0. The van der Waals surface area contributed by atoms with E-state index in [0.717, 1.165) is 25.9 Å². The highest BCUT2D eigenvalue weighted by molar-refractivity contribution is 6.35. The summed E-state index contributed by atoms with van der Waals surface area (Å²) in [5.74, 6) is 0.816. The third kappa shape index (κ3) is 6.03. The summed E-state index contributed by atoms with van der Waals surface area (Å²) >= 11 is 11.9. The molecule has 0 saturated carbocycles. The van der Waals surface area contributed by atoms with Gasteiger partial charge < -0.3 is 15.0 Å². The monoisotopic (exact) mass is 380 g/mol. The van der Waals surface area contributed by atoms with Crippen molar-refractivity contribution in [1.29, 1.82) is 0 Å². The molecule has 1 amide bonds. The van der Waals surface area contributed by atoms with Crippen LogP contribution in [0.5, 0.6) is 5.75 Å². The summed E-state index contributed by atoms with van der Waals surface area (Å²) in [4.78, 5) is 14.2. The maximum absolute atomic E-state index is 12.3. The smallest absolute Gasteiger partial charge is 0.222 e. The summed E-state index contributed by atoms with van der Waals surface area (Å²) in [6.45, 7) is 2.20. The molecule has 23 heavy (non-hydrogen) atoms. The van der Waals surface area contributed by atoms with Crippen LogP contribution in [-0.4, -0.2) is 43.6 Å². The molecule has 1 fully saturated rings. The third-order valence-electron chi connectivity index (χ3n) is 3.82. The molecule has 1 aromatic carbocycles. The van der Waals surface area contributed by atoms with Crippen molar-refractivity contribution in [3.63, 3.8) is 0 Å². The van der Waals surface area contributed by atoms with Crippen molar-refractivity contribution in [2.24, 2.45) is 0 Å². The number of rotatable bonds is 7. The van der Waals surface area contributed by atoms with E-state index in [1.807, 2.05) is 11.9 Å². The molecule has 0 radical (unpaired) electrons. The molecular weight excluding hydrogens is 359 g/mol. The number of nitrogens with zero attached hydrogens (tertiary/aromatic N) is 1. The van der Waals surface area contributed by atoms with Crippen molar-refractivity contribution in [3.05, 3.63) is 28.2 Å². The van der Waals surface area contributed by atoms with E-state index in [1.165, 1.54) is 0 Å². The fourth-order valence-electron chi connectivity index (χ4n) is 2.75. The SMILES string of the molecule is CNCC1CCCN1C(=O)CCCOc1ccc(Cl)cc1Cl.Cl. The van der Waals surface area contributed by atoms with E-state index in [0.29, 0.717) is 41.3 Å². The molecule has 0 bridgehead atoms. The van der Waals surface area contributed by atoms with Gasteiger partial charge in [-0.05, 0) is 44.5 Å². The van der Waals surface area contributed by atoms with Crippen LogP contribution in [0.2, 0.25) is 10.0 Å². The second-order valence-electron chi connectivity index (χ2n) is 5.47. The molecule has 4 nitrogen and oxygen atoms in total. The number of likely N-dealkylation sites (N-methyl/N-ethyl adjacent to an activating group) is 1. The Morgan fingerprint density at radius 1 is 1.43 bits per heavy atom. The molecule has 2 rings (SSSR count). The minimum Gasteiger partial charge on any atom is -0.492 e. The van der Waals surface area contributed by atoms with Gasteiger partial charge in [0.1, 0.15) is 5.75 Å².